The van der Waals surface area contributed by atoms with E-state index in [-0.39, 0.29) is 10.6 Å². The van der Waals surface area contributed by atoms with Gasteiger partial charge in [-0.05, 0) is 42.0 Å². The molecule has 0 aliphatic heterocycles. The number of benzene rings is 2. The van der Waals surface area contributed by atoms with Gasteiger partial charge in [-0.2, -0.15) is 0 Å². The maximum atomic E-state index is 12.4. The first-order chi connectivity index (χ1) is 12.4. The van der Waals surface area contributed by atoms with Crippen LogP contribution in [-0.2, 0) is 0 Å². The molecule has 0 aliphatic carbocycles. The van der Waals surface area contributed by atoms with Gasteiger partial charge >= 0.3 is 5.97 Å². The lowest BCUT2D eigenvalue weighted by Gasteiger charge is -2.07. The Kier molecular flexibility index (Phi) is 5.53. The number of halogens is 3. The van der Waals surface area contributed by atoms with Gasteiger partial charge in [-0.15, -0.1) is 11.3 Å². The summed E-state index contributed by atoms with van der Waals surface area (Å²) in [5.74, 6) is -1.58. The molecular formula is C18H10Cl3NO3S. The normalized spacial score (nSPS) is 10.6. The van der Waals surface area contributed by atoms with Crippen molar-refractivity contribution in [1.29, 1.82) is 0 Å². The SMILES string of the molecule is O=C(Nc1scc(-c2ccc(Cl)c(Cl)c2)c1C(=O)O)c1ccc(Cl)cc1. The molecule has 3 aromatic rings. The van der Waals surface area contributed by atoms with E-state index in [2.05, 4.69) is 5.32 Å². The highest BCUT2D eigenvalue weighted by Gasteiger charge is 2.22. The molecule has 1 heterocycles. The van der Waals surface area contributed by atoms with E-state index in [9.17, 15) is 14.7 Å². The molecule has 2 aromatic carbocycles. The Morgan fingerprint density at radius 1 is 0.962 bits per heavy atom. The van der Waals surface area contributed by atoms with Gasteiger partial charge in [-0.25, -0.2) is 4.79 Å². The van der Waals surface area contributed by atoms with Gasteiger partial charge in [-0.3, -0.25) is 4.79 Å². The number of hydrogen-bond acceptors (Lipinski definition) is 3. The molecule has 0 fully saturated rings. The smallest absolute Gasteiger partial charge is 0.339 e. The summed E-state index contributed by atoms with van der Waals surface area (Å²) in [6.45, 7) is 0. The number of rotatable bonds is 4. The van der Waals surface area contributed by atoms with E-state index in [0.717, 1.165) is 11.3 Å². The van der Waals surface area contributed by atoms with Crippen molar-refractivity contribution in [3.63, 3.8) is 0 Å². The minimum Gasteiger partial charge on any atom is -0.478 e. The van der Waals surface area contributed by atoms with Crippen LogP contribution in [0.4, 0.5) is 5.00 Å². The van der Waals surface area contributed by atoms with Crippen molar-refractivity contribution in [3.8, 4) is 11.1 Å². The van der Waals surface area contributed by atoms with E-state index in [4.69, 9.17) is 34.8 Å². The Morgan fingerprint density at radius 2 is 1.65 bits per heavy atom. The molecule has 8 heteroatoms. The summed E-state index contributed by atoms with van der Waals surface area (Å²) in [6.07, 6.45) is 0. The second kappa shape index (κ2) is 7.68. The first-order valence-corrected chi connectivity index (χ1v) is 9.25. The van der Waals surface area contributed by atoms with Crippen molar-refractivity contribution >= 4 is 63.0 Å². The third-order valence-electron chi connectivity index (χ3n) is 3.57. The van der Waals surface area contributed by atoms with Gasteiger partial charge in [0.05, 0.1) is 10.0 Å². The monoisotopic (exact) mass is 425 g/mol. The van der Waals surface area contributed by atoms with Gasteiger partial charge in [0.1, 0.15) is 10.6 Å². The molecule has 0 saturated carbocycles. The first-order valence-electron chi connectivity index (χ1n) is 7.24. The predicted octanol–water partition coefficient (Wildman–Crippen LogP) is 6.33. The molecular weight excluding hydrogens is 417 g/mol. The number of carboxylic acids is 1. The Bertz CT molecular complexity index is 999. The molecule has 1 aromatic heterocycles. The third kappa shape index (κ3) is 3.86. The van der Waals surface area contributed by atoms with Gasteiger partial charge in [0.15, 0.2) is 0 Å². The Labute approximate surface area is 167 Å². The number of amides is 1. The number of carboxylic acid groups (broad SMARTS) is 1. The zero-order valence-corrected chi connectivity index (χ0v) is 16.0. The number of carbonyl (C=O) groups is 2. The average molecular weight is 427 g/mol. The van der Waals surface area contributed by atoms with Crippen LogP contribution < -0.4 is 5.32 Å². The molecule has 0 aliphatic rings. The number of anilines is 1. The molecule has 0 spiro atoms. The van der Waals surface area contributed by atoms with Crippen molar-refractivity contribution in [3.05, 3.63) is 74.0 Å². The fourth-order valence-corrected chi connectivity index (χ4v) is 3.70. The van der Waals surface area contributed by atoms with Crippen LogP contribution in [0, 0.1) is 0 Å². The molecule has 26 heavy (non-hydrogen) atoms. The van der Waals surface area contributed by atoms with Crippen LogP contribution in [0.25, 0.3) is 11.1 Å². The van der Waals surface area contributed by atoms with Gasteiger partial charge in [0.25, 0.3) is 5.91 Å². The number of nitrogens with one attached hydrogen (secondary N) is 1. The fourth-order valence-electron chi connectivity index (χ4n) is 2.31. The second-order valence-electron chi connectivity index (χ2n) is 5.25. The highest BCUT2D eigenvalue weighted by atomic mass is 35.5. The van der Waals surface area contributed by atoms with Gasteiger partial charge in [-0.1, -0.05) is 40.9 Å². The van der Waals surface area contributed by atoms with Crippen LogP contribution in [0.5, 0.6) is 0 Å². The highest BCUT2D eigenvalue weighted by molar-refractivity contribution is 7.15. The largest absolute Gasteiger partial charge is 0.478 e. The Hall–Kier alpha value is -2.05. The minimum absolute atomic E-state index is 0.00398. The minimum atomic E-state index is -1.15. The summed E-state index contributed by atoms with van der Waals surface area (Å²) in [4.78, 5) is 24.1. The molecule has 3 rings (SSSR count). The maximum Gasteiger partial charge on any atom is 0.339 e. The summed E-state index contributed by atoms with van der Waals surface area (Å²) in [7, 11) is 0. The molecule has 0 unspecified atom stereocenters. The summed E-state index contributed by atoms with van der Waals surface area (Å²) in [6, 6.07) is 11.1. The van der Waals surface area contributed by atoms with Crippen molar-refractivity contribution in [2.75, 3.05) is 5.32 Å². The number of hydrogen-bond donors (Lipinski definition) is 2. The first kappa shape index (κ1) is 18.7. The summed E-state index contributed by atoms with van der Waals surface area (Å²) in [5.41, 5.74) is 1.42. The van der Waals surface area contributed by atoms with Crippen molar-refractivity contribution in [2.45, 2.75) is 0 Å². The van der Waals surface area contributed by atoms with Crippen LogP contribution in [0.2, 0.25) is 15.1 Å². The number of aromatic carboxylic acids is 1. The number of carbonyl (C=O) groups excluding carboxylic acids is 1. The Balaban J connectivity index is 1.97. The van der Waals surface area contributed by atoms with Crippen LogP contribution in [-0.4, -0.2) is 17.0 Å². The molecule has 0 saturated heterocycles. The molecule has 132 valence electrons. The van der Waals surface area contributed by atoms with Crippen molar-refractivity contribution in [2.24, 2.45) is 0 Å². The topological polar surface area (TPSA) is 66.4 Å². The average Bonchev–Trinajstić information content (AvgIpc) is 3.01. The quantitative estimate of drug-likeness (QED) is 0.512. The van der Waals surface area contributed by atoms with E-state index >= 15 is 0 Å². The zero-order valence-electron chi connectivity index (χ0n) is 12.9. The number of thiophene rings is 1. The van der Waals surface area contributed by atoms with Crippen LogP contribution in [0.15, 0.2) is 47.8 Å². The molecule has 0 bridgehead atoms. The lowest BCUT2D eigenvalue weighted by Crippen LogP contribution is -2.13. The van der Waals surface area contributed by atoms with E-state index < -0.39 is 11.9 Å². The molecule has 4 nitrogen and oxygen atoms in total. The maximum absolute atomic E-state index is 12.4. The highest BCUT2D eigenvalue weighted by Crippen LogP contribution is 2.38. The lowest BCUT2D eigenvalue weighted by molar-refractivity contribution is 0.0699. The molecule has 2 N–H and O–H groups in total. The van der Waals surface area contributed by atoms with Gasteiger partial charge in [0, 0.05) is 21.5 Å². The van der Waals surface area contributed by atoms with E-state index in [1.54, 1.807) is 47.8 Å². The van der Waals surface area contributed by atoms with E-state index in [0.29, 0.717) is 31.8 Å². The van der Waals surface area contributed by atoms with Crippen molar-refractivity contribution in [1.82, 2.24) is 0 Å². The predicted molar refractivity (Wildman–Crippen MR) is 106 cm³/mol. The standard InChI is InChI=1S/C18H10Cl3NO3S/c19-11-4-1-9(2-5-11)16(23)22-17-15(18(24)25)12(8-26-17)10-3-6-13(20)14(21)7-10/h1-8H,(H,22,23)(H,24,25). The lowest BCUT2D eigenvalue weighted by atomic mass is 10.0. The zero-order chi connectivity index (χ0) is 18.8. The second-order valence-corrected chi connectivity index (χ2v) is 7.38. The fraction of sp³-hybridized carbons (Fsp3) is 0. The Morgan fingerprint density at radius 3 is 2.27 bits per heavy atom. The van der Waals surface area contributed by atoms with Gasteiger partial charge in [0.2, 0.25) is 0 Å². The summed E-state index contributed by atoms with van der Waals surface area (Å²) >= 11 is 18.9. The van der Waals surface area contributed by atoms with Crippen LogP contribution in [0.3, 0.4) is 0 Å². The van der Waals surface area contributed by atoms with E-state index in [1.165, 1.54) is 0 Å². The third-order valence-corrected chi connectivity index (χ3v) is 5.46. The summed E-state index contributed by atoms with van der Waals surface area (Å²) in [5, 5.41) is 15.3. The van der Waals surface area contributed by atoms with E-state index in [1.807, 2.05) is 0 Å². The molecule has 0 atom stereocenters. The molecule has 0 radical (unpaired) electrons. The molecule has 1 amide bonds. The van der Waals surface area contributed by atoms with Gasteiger partial charge < -0.3 is 10.4 Å². The van der Waals surface area contributed by atoms with Crippen LogP contribution >= 0.6 is 46.1 Å². The summed E-state index contributed by atoms with van der Waals surface area (Å²) < 4.78 is 0. The van der Waals surface area contributed by atoms with Crippen molar-refractivity contribution < 1.29 is 14.7 Å². The van der Waals surface area contributed by atoms with Crippen LogP contribution in [0.1, 0.15) is 20.7 Å².